The molecule has 0 saturated carbocycles. The van der Waals surface area contributed by atoms with Crippen molar-refractivity contribution in [2.75, 3.05) is 31.9 Å². The summed E-state index contributed by atoms with van der Waals surface area (Å²) in [5.41, 5.74) is 7.75. The minimum atomic E-state index is -0.355. The molecule has 0 atom stereocenters. The van der Waals surface area contributed by atoms with E-state index in [4.69, 9.17) is 22.6 Å². The number of nitriles is 1. The zero-order chi connectivity index (χ0) is 26.9. The molecule has 0 radical (unpaired) electrons. The number of halogens is 2. The molecule has 3 rings (SSSR count). The number of allylic oxidation sites excluding steroid dienone is 2. The summed E-state index contributed by atoms with van der Waals surface area (Å²) in [7, 11) is 0. The average Bonchev–Trinajstić information content (AvgIpc) is 2.87. The Morgan fingerprint density at radius 1 is 1.41 bits per heavy atom. The van der Waals surface area contributed by atoms with Crippen LogP contribution < -0.4 is 11.1 Å². The Balaban J connectivity index is 1.52. The molecule has 1 aliphatic rings. The van der Waals surface area contributed by atoms with E-state index < -0.39 is 0 Å². The van der Waals surface area contributed by atoms with E-state index in [1.165, 1.54) is 17.0 Å². The summed E-state index contributed by atoms with van der Waals surface area (Å²) in [5.74, 6) is -0.191. The van der Waals surface area contributed by atoms with Crippen LogP contribution >= 0.6 is 23.4 Å². The molecular formula is C28H33ClFN5OS. The number of nitrogens with two attached hydrogens (primary N) is 1. The largest absolute Gasteiger partial charge is 0.397 e. The molecule has 1 saturated heterocycles. The Morgan fingerprint density at radius 2 is 2.14 bits per heavy atom. The minimum absolute atomic E-state index is 0.0688. The summed E-state index contributed by atoms with van der Waals surface area (Å²) < 4.78 is 14.6. The Bertz CT molecular complexity index is 1190. The summed E-state index contributed by atoms with van der Waals surface area (Å²) >= 11 is 7.61. The van der Waals surface area contributed by atoms with Gasteiger partial charge >= 0.3 is 0 Å². The zero-order valence-electron chi connectivity index (χ0n) is 21.5. The fraction of sp³-hybridized carbons (Fsp3) is 0.393. The predicted octanol–water partition coefficient (Wildman–Crippen LogP) is 6.17. The van der Waals surface area contributed by atoms with Crippen molar-refractivity contribution in [3.63, 3.8) is 0 Å². The lowest BCUT2D eigenvalue weighted by molar-refractivity contribution is 0.0932. The highest BCUT2D eigenvalue weighted by molar-refractivity contribution is 8.11. The van der Waals surface area contributed by atoms with Crippen LogP contribution in [0, 0.1) is 30.0 Å². The third kappa shape index (κ3) is 7.57. The number of anilines is 1. The lowest BCUT2D eigenvalue weighted by Crippen LogP contribution is -2.39. The molecule has 0 spiro atoms. The van der Waals surface area contributed by atoms with Crippen LogP contribution in [0.5, 0.6) is 0 Å². The number of thioether (sulfide) groups is 1. The van der Waals surface area contributed by atoms with E-state index in [0.717, 1.165) is 49.4 Å². The smallest absolute Gasteiger partial charge is 0.270 e. The van der Waals surface area contributed by atoms with Gasteiger partial charge in [0.1, 0.15) is 28.3 Å². The fourth-order valence-electron chi connectivity index (χ4n) is 4.30. The van der Waals surface area contributed by atoms with Crippen molar-refractivity contribution in [2.24, 2.45) is 5.92 Å². The number of benzene rings is 1. The number of carbonyl (C=O) groups excluding carboxylic acids is 1. The van der Waals surface area contributed by atoms with Crippen molar-refractivity contribution >= 4 is 39.9 Å². The van der Waals surface area contributed by atoms with Gasteiger partial charge in [-0.15, -0.1) is 0 Å². The van der Waals surface area contributed by atoms with Gasteiger partial charge < -0.3 is 11.1 Å². The van der Waals surface area contributed by atoms with Crippen molar-refractivity contribution in [1.29, 1.82) is 5.26 Å². The summed E-state index contributed by atoms with van der Waals surface area (Å²) in [6.07, 6.45) is 6.95. The third-order valence-electron chi connectivity index (χ3n) is 6.41. The number of nitrogens with one attached hydrogen (secondary N) is 1. The quantitative estimate of drug-likeness (QED) is 0.369. The number of hydrogen-bond donors (Lipinski definition) is 2. The van der Waals surface area contributed by atoms with Crippen LogP contribution in [0.4, 0.5) is 10.1 Å². The maximum atomic E-state index is 14.6. The average molecular weight is 542 g/mol. The van der Waals surface area contributed by atoms with E-state index >= 15 is 0 Å². The Hall–Kier alpha value is -2.86. The van der Waals surface area contributed by atoms with Crippen molar-refractivity contribution in [2.45, 2.75) is 40.0 Å². The second-order valence-electron chi connectivity index (χ2n) is 9.07. The van der Waals surface area contributed by atoms with Crippen LogP contribution in [0.25, 0.3) is 4.91 Å². The van der Waals surface area contributed by atoms with Gasteiger partial charge in [0.25, 0.3) is 5.91 Å². The number of likely N-dealkylation sites (tertiary alicyclic amines) is 1. The molecule has 2 aromatic rings. The Morgan fingerprint density at radius 3 is 2.73 bits per heavy atom. The van der Waals surface area contributed by atoms with E-state index in [9.17, 15) is 9.18 Å². The molecule has 0 bridgehead atoms. The van der Waals surface area contributed by atoms with Gasteiger partial charge in [-0.25, -0.2) is 9.37 Å². The van der Waals surface area contributed by atoms with Crippen molar-refractivity contribution in [3.8, 4) is 6.07 Å². The van der Waals surface area contributed by atoms with Crippen LogP contribution in [0.2, 0.25) is 5.15 Å². The second-order valence-corrected chi connectivity index (χ2v) is 10.6. The molecule has 6 nitrogen and oxygen atoms in total. The maximum absolute atomic E-state index is 14.6. The van der Waals surface area contributed by atoms with Crippen LogP contribution in [-0.2, 0) is 0 Å². The summed E-state index contributed by atoms with van der Waals surface area (Å²) in [4.78, 5) is 21.1. The molecule has 0 aliphatic carbocycles. The van der Waals surface area contributed by atoms with E-state index in [0.29, 0.717) is 18.0 Å². The SMILES string of the molecule is C/C=C(/CN1CCC(CNC(=O)c2cc(N)c(C#N)c(Cl)n2)CC1)S/C(=C/CC)c1c(C)cccc1F. The van der Waals surface area contributed by atoms with Gasteiger partial charge in [-0.05, 0) is 74.7 Å². The number of piperidine rings is 1. The van der Waals surface area contributed by atoms with Gasteiger partial charge in [-0.1, -0.05) is 54.6 Å². The molecule has 1 aromatic heterocycles. The first-order chi connectivity index (χ1) is 17.8. The molecule has 196 valence electrons. The van der Waals surface area contributed by atoms with E-state index in [-0.39, 0.29) is 33.8 Å². The summed E-state index contributed by atoms with van der Waals surface area (Å²) in [6.45, 7) is 9.21. The molecule has 1 fully saturated rings. The van der Waals surface area contributed by atoms with Gasteiger partial charge in [-0.2, -0.15) is 5.26 Å². The van der Waals surface area contributed by atoms with Crippen molar-refractivity contribution < 1.29 is 9.18 Å². The number of rotatable bonds is 9. The predicted molar refractivity (Wildman–Crippen MR) is 151 cm³/mol. The van der Waals surface area contributed by atoms with Gasteiger partial charge in [-0.3, -0.25) is 9.69 Å². The highest BCUT2D eigenvalue weighted by Crippen LogP contribution is 2.37. The number of nitrogens with zero attached hydrogens (tertiary/aromatic N) is 3. The molecular weight excluding hydrogens is 509 g/mol. The van der Waals surface area contributed by atoms with E-state index in [2.05, 4.69) is 34.3 Å². The molecule has 0 unspecified atom stereocenters. The Kier molecular flexibility index (Phi) is 10.6. The highest BCUT2D eigenvalue weighted by Gasteiger charge is 2.22. The number of hydrogen-bond acceptors (Lipinski definition) is 6. The fourth-order valence-corrected chi connectivity index (χ4v) is 5.80. The third-order valence-corrected chi connectivity index (χ3v) is 7.90. The number of aryl methyl sites for hydroxylation is 1. The monoisotopic (exact) mass is 541 g/mol. The van der Waals surface area contributed by atoms with Crippen LogP contribution in [0.1, 0.15) is 60.3 Å². The van der Waals surface area contributed by atoms with Crippen LogP contribution in [0.15, 0.2) is 41.3 Å². The van der Waals surface area contributed by atoms with Crippen LogP contribution in [-0.4, -0.2) is 42.0 Å². The van der Waals surface area contributed by atoms with Crippen molar-refractivity contribution in [1.82, 2.24) is 15.2 Å². The normalized spacial score (nSPS) is 15.5. The van der Waals surface area contributed by atoms with Crippen molar-refractivity contribution in [3.05, 3.63) is 74.7 Å². The topological polar surface area (TPSA) is 95.0 Å². The van der Waals surface area contributed by atoms with Gasteiger partial charge in [0.05, 0.1) is 5.69 Å². The first-order valence-corrected chi connectivity index (χ1v) is 13.6. The Labute approximate surface area is 227 Å². The lowest BCUT2D eigenvalue weighted by atomic mass is 9.96. The lowest BCUT2D eigenvalue weighted by Gasteiger charge is -2.32. The number of pyridine rings is 1. The number of carbonyl (C=O) groups is 1. The maximum Gasteiger partial charge on any atom is 0.270 e. The molecule has 3 N–H and O–H groups in total. The second kappa shape index (κ2) is 13.6. The molecule has 2 heterocycles. The van der Waals surface area contributed by atoms with Crippen LogP contribution in [0.3, 0.4) is 0 Å². The summed E-state index contributed by atoms with van der Waals surface area (Å²) in [6, 6.07) is 8.48. The molecule has 9 heteroatoms. The van der Waals surface area contributed by atoms with Gasteiger partial charge in [0, 0.05) is 23.6 Å². The van der Waals surface area contributed by atoms with E-state index in [1.807, 2.05) is 26.0 Å². The summed E-state index contributed by atoms with van der Waals surface area (Å²) in [5, 5.41) is 11.9. The van der Waals surface area contributed by atoms with E-state index in [1.54, 1.807) is 17.8 Å². The first kappa shape index (κ1) is 28.7. The van der Waals surface area contributed by atoms with Gasteiger partial charge in [0.2, 0.25) is 0 Å². The molecule has 1 aromatic carbocycles. The zero-order valence-corrected chi connectivity index (χ0v) is 23.1. The first-order valence-electron chi connectivity index (χ1n) is 12.4. The molecule has 37 heavy (non-hydrogen) atoms. The number of amides is 1. The molecule has 1 amide bonds. The van der Waals surface area contributed by atoms with Gasteiger partial charge in [0.15, 0.2) is 0 Å². The molecule has 1 aliphatic heterocycles. The number of aromatic nitrogens is 1. The standard InChI is InChI=1S/C28H33ClFN5OS/c1-4-7-25(26-18(3)8-6-9-22(26)30)37-20(5-2)17-35-12-10-19(11-13-35)16-33-28(36)24-14-23(32)21(15-31)27(29)34-24/h5-9,14,19H,4,10-13,16-17H2,1-3H3,(H2,32,34)(H,33,36)/b20-5-,25-7+. The minimum Gasteiger partial charge on any atom is -0.397 e. The highest BCUT2D eigenvalue weighted by atomic mass is 35.5. The number of nitrogen functional groups attached to an aromatic ring is 1.